The van der Waals surface area contributed by atoms with Gasteiger partial charge in [0.1, 0.15) is 6.04 Å². The van der Waals surface area contributed by atoms with E-state index in [1.54, 1.807) is 55.5 Å². The van der Waals surface area contributed by atoms with Crippen molar-refractivity contribution < 1.29 is 19.2 Å². The van der Waals surface area contributed by atoms with Crippen molar-refractivity contribution in [3.8, 4) is 0 Å². The van der Waals surface area contributed by atoms with Crippen LogP contribution in [-0.2, 0) is 9.59 Å². The Kier molecular flexibility index (Phi) is 4.19. The fraction of sp³-hybridized carbons (Fsp3) is 0.158. The standard InChI is InChI=1S/C19H16N2O4/c1-11(18(24)20-14-9-7-13(8-10-14)12(2)22)21-16-6-4-3-5-15(16)17(23)19(21)25/h3-11H,1-2H3,(H,20,24). The number of para-hydroxylation sites is 1. The zero-order valence-electron chi connectivity index (χ0n) is 13.8. The molecule has 0 saturated carbocycles. The van der Waals surface area contributed by atoms with Gasteiger partial charge >= 0.3 is 0 Å². The normalized spacial score (nSPS) is 14.2. The summed E-state index contributed by atoms with van der Waals surface area (Å²) in [6, 6.07) is 12.2. The van der Waals surface area contributed by atoms with E-state index in [9.17, 15) is 19.2 Å². The number of ketones is 2. The predicted octanol–water partition coefficient (Wildman–Crippen LogP) is 2.45. The maximum absolute atomic E-state index is 12.5. The number of Topliss-reactive ketones (excluding diaryl/α,β-unsaturated/α-hetero) is 2. The molecule has 1 heterocycles. The Bertz CT molecular complexity index is 887. The first-order valence-electron chi connectivity index (χ1n) is 7.79. The lowest BCUT2D eigenvalue weighted by molar-refractivity contribution is -0.120. The van der Waals surface area contributed by atoms with Crippen molar-refractivity contribution in [2.75, 3.05) is 10.2 Å². The van der Waals surface area contributed by atoms with Crippen LogP contribution in [0.2, 0.25) is 0 Å². The SMILES string of the molecule is CC(=O)c1ccc(NC(=O)C(C)N2C(=O)C(=O)c3ccccc32)cc1. The lowest BCUT2D eigenvalue weighted by Gasteiger charge is -2.23. The molecule has 25 heavy (non-hydrogen) atoms. The van der Waals surface area contributed by atoms with E-state index in [4.69, 9.17) is 0 Å². The number of hydrogen-bond donors (Lipinski definition) is 1. The molecule has 0 aliphatic carbocycles. The maximum atomic E-state index is 12.5. The largest absolute Gasteiger partial charge is 0.324 e. The van der Waals surface area contributed by atoms with Gasteiger partial charge < -0.3 is 5.32 Å². The molecule has 6 heteroatoms. The Labute approximate surface area is 144 Å². The summed E-state index contributed by atoms with van der Waals surface area (Å²) in [6.45, 7) is 3.02. The summed E-state index contributed by atoms with van der Waals surface area (Å²) in [4.78, 5) is 49.3. The molecule has 1 aliphatic rings. The Morgan fingerprint density at radius 1 is 1.00 bits per heavy atom. The number of fused-ring (bicyclic) bond motifs is 1. The zero-order valence-corrected chi connectivity index (χ0v) is 13.8. The lowest BCUT2D eigenvalue weighted by Crippen LogP contribution is -2.45. The number of amides is 2. The fourth-order valence-electron chi connectivity index (χ4n) is 2.75. The first-order valence-corrected chi connectivity index (χ1v) is 7.79. The first-order chi connectivity index (χ1) is 11.9. The number of rotatable bonds is 4. The first kappa shape index (κ1) is 16.6. The van der Waals surface area contributed by atoms with Crippen LogP contribution in [0.25, 0.3) is 0 Å². The van der Waals surface area contributed by atoms with Crippen molar-refractivity contribution in [2.45, 2.75) is 19.9 Å². The van der Waals surface area contributed by atoms with Gasteiger partial charge in [-0.1, -0.05) is 12.1 Å². The van der Waals surface area contributed by atoms with E-state index in [1.807, 2.05) is 0 Å². The van der Waals surface area contributed by atoms with Crippen LogP contribution < -0.4 is 10.2 Å². The average Bonchev–Trinajstić information content (AvgIpc) is 2.86. The van der Waals surface area contributed by atoms with Crippen LogP contribution in [-0.4, -0.2) is 29.4 Å². The van der Waals surface area contributed by atoms with Crippen LogP contribution >= 0.6 is 0 Å². The van der Waals surface area contributed by atoms with Crippen molar-refractivity contribution in [2.24, 2.45) is 0 Å². The molecule has 6 nitrogen and oxygen atoms in total. The summed E-state index contributed by atoms with van der Waals surface area (Å²) in [5.41, 5.74) is 1.79. The third kappa shape index (κ3) is 2.94. The highest BCUT2D eigenvalue weighted by Crippen LogP contribution is 2.30. The number of nitrogens with zero attached hydrogens (tertiary/aromatic N) is 1. The van der Waals surface area contributed by atoms with Gasteiger partial charge in [-0.2, -0.15) is 0 Å². The van der Waals surface area contributed by atoms with Gasteiger partial charge in [0.25, 0.3) is 11.7 Å². The highest BCUT2D eigenvalue weighted by Gasteiger charge is 2.40. The Morgan fingerprint density at radius 2 is 1.64 bits per heavy atom. The second-order valence-corrected chi connectivity index (χ2v) is 5.82. The molecule has 0 radical (unpaired) electrons. The number of benzene rings is 2. The predicted molar refractivity (Wildman–Crippen MR) is 92.8 cm³/mol. The molecule has 126 valence electrons. The van der Waals surface area contributed by atoms with Crippen LogP contribution in [0.15, 0.2) is 48.5 Å². The quantitative estimate of drug-likeness (QED) is 0.686. The van der Waals surface area contributed by atoms with Crippen molar-refractivity contribution in [3.05, 3.63) is 59.7 Å². The van der Waals surface area contributed by atoms with E-state index < -0.39 is 23.6 Å². The van der Waals surface area contributed by atoms with E-state index in [1.165, 1.54) is 11.8 Å². The molecule has 1 atom stereocenters. The molecule has 0 aromatic heterocycles. The monoisotopic (exact) mass is 336 g/mol. The van der Waals surface area contributed by atoms with E-state index >= 15 is 0 Å². The molecule has 2 aromatic rings. The fourth-order valence-corrected chi connectivity index (χ4v) is 2.75. The molecule has 2 aromatic carbocycles. The average molecular weight is 336 g/mol. The summed E-state index contributed by atoms with van der Waals surface area (Å²) in [5.74, 6) is -1.81. The van der Waals surface area contributed by atoms with Gasteiger partial charge in [0.05, 0.1) is 11.3 Å². The minimum Gasteiger partial charge on any atom is -0.324 e. The molecule has 1 N–H and O–H groups in total. The van der Waals surface area contributed by atoms with Crippen molar-refractivity contribution in [1.29, 1.82) is 0 Å². The molecule has 3 rings (SSSR count). The van der Waals surface area contributed by atoms with Crippen LogP contribution in [0.5, 0.6) is 0 Å². The summed E-state index contributed by atoms with van der Waals surface area (Å²) in [6.07, 6.45) is 0. The number of hydrogen-bond acceptors (Lipinski definition) is 4. The van der Waals surface area contributed by atoms with Crippen LogP contribution in [0.1, 0.15) is 34.6 Å². The summed E-state index contributed by atoms with van der Waals surface area (Å²) < 4.78 is 0. The molecule has 1 aliphatic heterocycles. The van der Waals surface area contributed by atoms with Gasteiger partial charge in [-0.25, -0.2) is 0 Å². The summed E-state index contributed by atoms with van der Waals surface area (Å²) in [5, 5.41) is 2.70. The van der Waals surface area contributed by atoms with E-state index in [-0.39, 0.29) is 5.78 Å². The number of carbonyl (C=O) groups excluding carboxylic acids is 4. The van der Waals surface area contributed by atoms with Gasteiger partial charge in [0.2, 0.25) is 5.91 Å². The Morgan fingerprint density at radius 3 is 2.28 bits per heavy atom. The van der Waals surface area contributed by atoms with E-state index in [0.717, 1.165) is 0 Å². The molecule has 0 spiro atoms. The van der Waals surface area contributed by atoms with Crippen LogP contribution in [0, 0.1) is 0 Å². The van der Waals surface area contributed by atoms with Crippen LogP contribution in [0.4, 0.5) is 11.4 Å². The van der Waals surface area contributed by atoms with Gasteiger partial charge in [-0.05, 0) is 50.2 Å². The van der Waals surface area contributed by atoms with Crippen molar-refractivity contribution in [1.82, 2.24) is 0 Å². The second kappa shape index (κ2) is 6.32. The molecule has 1 unspecified atom stereocenters. The maximum Gasteiger partial charge on any atom is 0.300 e. The highest BCUT2D eigenvalue weighted by atomic mass is 16.2. The smallest absolute Gasteiger partial charge is 0.300 e. The number of nitrogens with one attached hydrogen (secondary N) is 1. The number of carbonyl (C=O) groups is 4. The zero-order chi connectivity index (χ0) is 18.1. The molecular formula is C19H16N2O4. The minimum atomic E-state index is -0.854. The van der Waals surface area contributed by atoms with E-state index in [2.05, 4.69) is 5.32 Å². The molecular weight excluding hydrogens is 320 g/mol. The number of anilines is 2. The molecule has 2 amide bonds. The van der Waals surface area contributed by atoms with Gasteiger partial charge in [-0.15, -0.1) is 0 Å². The van der Waals surface area contributed by atoms with Gasteiger partial charge in [-0.3, -0.25) is 24.1 Å². The minimum absolute atomic E-state index is 0.0657. The van der Waals surface area contributed by atoms with Crippen molar-refractivity contribution >= 4 is 34.8 Å². The molecule has 0 fully saturated rings. The summed E-state index contributed by atoms with van der Waals surface area (Å²) in [7, 11) is 0. The topological polar surface area (TPSA) is 83.6 Å². The van der Waals surface area contributed by atoms with Crippen molar-refractivity contribution in [3.63, 3.8) is 0 Å². The van der Waals surface area contributed by atoms with E-state index in [0.29, 0.717) is 22.5 Å². The third-order valence-electron chi connectivity index (χ3n) is 4.15. The molecule has 0 saturated heterocycles. The Balaban J connectivity index is 1.80. The highest BCUT2D eigenvalue weighted by molar-refractivity contribution is 6.52. The summed E-state index contributed by atoms with van der Waals surface area (Å²) >= 11 is 0. The van der Waals surface area contributed by atoms with Gasteiger partial charge in [0.15, 0.2) is 5.78 Å². The molecule has 0 bridgehead atoms. The lowest BCUT2D eigenvalue weighted by atomic mass is 10.1. The Hall–Kier alpha value is -3.28. The van der Waals surface area contributed by atoms with Gasteiger partial charge in [0, 0.05) is 11.3 Å². The van der Waals surface area contributed by atoms with Crippen LogP contribution in [0.3, 0.4) is 0 Å². The second-order valence-electron chi connectivity index (χ2n) is 5.82. The third-order valence-corrected chi connectivity index (χ3v) is 4.15.